The van der Waals surface area contributed by atoms with Gasteiger partial charge in [-0.3, -0.25) is 9.59 Å². The van der Waals surface area contributed by atoms with Crippen molar-refractivity contribution in [1.29, 1.82) is 0 Å². The molecule has 2 amide bonds. The second kappa shape index (κ2) is 5.44. The van der Waals surface area contributed by atoms with Crippen LogP contribution in [0.15, 0.2) is 0 Å². The molecule has 1 rings (SSSR count). The van der Waals surface area contributed by atoms with Crippen LogP contribution in [0.4, 0.5) is 0 Å². The highest BCUT2D eigenvalue weighted by Crippen LogP contribution is 2.41. The molecule has 1 unspecified atom stereocenters. The van der Waals surface area contributed by atoms with Crippen molar-refractivity contribution < 1.29 is 9.59 Å². The zero-order chi connectivity index (χ0) is 13.1. The predicted molar refractivity (Wildman–Crippen MR) is 69.4 cm³/mol. The molecular weight excluding hydrogens is 238 g/mol. The molecule has 1 aliphatic rings. The van der Waals surface area contributed by atoms with Gasteiger partial charge in [-0.15, -0.1) is 0 Å². The summed E-state index contributed by atoms with van der Waals surface area (Å²) in [5.74, 6) is -0.423. The zero-order valence-electron chi connectivity index (χ0n) is 10.2. The number of thiocarbonyl (C=S) groups is 1. The second-order valence-corrected chi connectivity index (χ2v) is 4.83. The number of carbonyl (C=O) groups is 2. The number of nitrogens with one attached hydrogen (secondary N) is 2. The Morgan fingerprint density at radius 1 is 1.47 bits per heavy atom. The Labute approximate surface area is 107 Å². The van der Waals surface area contributed by atoms with E-state index < -0.39 is 11.5 Å². The molecule has 0 bridgehead atoms. The van der Waals surface area contributed by atoms with Crippen LogP contribution in [0.2, 0.25) is 0 Å². The van der Waals surface area contributed by atoms with Gasteiger partial charge in [-0.1, -0.05) is 18.6 Å². The molecule has 17 heavy (non-hydrogen) atoms. The number of hydrogen-bond acceptors (Lipinski definition) is 3. The van der Waals surface area contributed by atoms with E-state index >= 15 is 0 Å². The molecule has 0 aromatic heterocycles. The average Bonchev–Trinajstić information content (AvgIpc) is 2.15. The third-order valence-electron chi connectivity index (χ3n) is 3.21. The van der Waals surface area contributed by atoms with E-state index in [-0.39, 0.29) is 16.8 Å². The van der Waals surface area contributed by atoms with E-state index in [1.165, 1.54) is 0 Å². The number of amides is 2. The molecule has 0 spiro atoms. The highest BCUT2D eigenvalue weighted by Gasteiger charge is 2.47. The van der Waals surface area contributed by atoms with Crippen LogP contribution in [0.25, 0.3) is 0 Å². The highest BCUT2D eigenvalue weighted by molar-refractivity contribution is 7.80. The summed E-state index contributed by atoms with van der Waals surface area (Å²) in [6.45, 7) is 4.02. The Kier molecular flexibility index (Phi) is 4.45. The van der Waals surface area contributed by atoms with Gasteiger partial charge in [-0.25, -0.2) is 0 Å². The summed E-state index contributed by atoms with van der Waals surface area (Å²) >= 11 is 4.94. The maximum atomic E-state index is 12.0. The van der Waals surface area contributed by atoms with Gasteiger partial charge in [0.2, 0.25) is 11.8 Å². The van der Waals surface area contributed by atoms with Crippen molar-refractivity contribution in [2.24, 2.45) is 11.1 Å². The Balaban J connectivity index is 2.59. The number of hydrogen-bond donors (Lipinski definition) is 3. The molecule has 0 aromatic carbocycles. The third kappa shape index (κ3) is 2.74. The van der Waals surface area contributed by atoms with Crippen molar-refractivity contribution in [2.45, 2.75) is 39.2 Å². The lowest BCUT2D eigenvalue weighted by Gasteiger charge is -2.39. The first-order chi connectivity index (χ1) is 7.94. The largest absolute Gasteiger partial charge is 0.392 e. The fourth-order valence-electron chi connectivity index (χ4n) is 1.84. The van der Waals surface area contributed by atoms with Crippen molar-refractivity contribution in [3.05, 3.63) is 0 Å². The normalized spacial score (nSPS) is 18.7. The summed E-state index contributed by atoms with van der Waals surface area (Å²) in [5, 5.41) is 5.32. The fraction of sp³-hybridized carbons (Fsp3) is 0.727. The summed E-state index contributed by atoms with van der Waals surface area (Å²) in [6.07, 6.45) is 2.30. The zero-order valence-corrected chi connectivity index (χ0v) is 11.0. The van der Waals surface area contributed by atoms with Crippen molar-refractivity contribution in [2.75, 3.05) is 6.54 Å². The topological polar surface area (TPSA) is 84.2 Å². The van der Waals surface area contributed by atoms with Crippen molar-refractivity contribution in [3.8, 4) is 0 Å². The van der Waals surface area contributed by atoms with Gasteiger partial charge in [0.25, 0.3) is 0 Å². The molecule has 5 nitrogen and oxygen atoms in total. The smallest absolute Gasteiger partial charge is 0.242 e. The van der Waals surface area contributed by atoms with E-state index in [9.17, 15) is 9.59 Å². The first-order valence-corrected chi connectivity index (χ1v) is 6.23. The molecule has 0 heterocycles. The lowest BCUT2D eigenvalue weighted by Crippen LogP contribution is -2.57. The minimum atomic E-state index is -0.726. The number of rotatable bonds is 5. The highest BCUT2D eigenvalue weighted by atomic mass is 32.1. The Morgan fingerprint density at radius 3 is 2.41 bits per heavy atom. The van der Waals surface area contributed by atoms with Gasteiger partial charge in [-0.2, -0.15) is 0 Å². The van der Waals surface area contributed by atoms with Gasteiger partial charge in [0, 0.05) is 6.54 Å². The monoisotopic (exact) mass is 257 g/mol. The molecule has 0 aromatic rings. The van der Waals surface area contributed by atoms with E-state index in [0.717, 1.165) is 6.42 Å². The molecular formula is C11H19N3O2S. The van der Waals surface area contributed by atoms with E-state index in [1.807, 2.05) is 6.92 Å². The summed E-state index contributed by atoms with van der Waals surface area (Å²) < 4.78 is 0. The Bertz CT molecular complexity index is 340. The Hall–Kier alpha value is -1.17. The van der Waals surface area contributed by atoms with Gasteiger partial charge >= 0.3 is 0 Å². The molecule has 0 radical (unpaired) electrons. The van der Waals surface area contributed by atoms with E-state index in [4.69, 9.17) is 18.0 Å². The summed E-state index contributed by atoms with van der Waals surface area (Å²) in [7, 11) is 0. The second-order valence-electron chi connectivity index (χ2n) is 4.39. The Morgan fingerprint density at radius 2 is 2.06 bits per heavy atom. The lowest BCUT2D eigenvalue weighted by atomic mass is 9.68. The average molecular weight is 257 g/mol. The van der Waals surface area contributed by atoms with Gasteiger partial charge in [-0.05, 0) is 26.7 Å². The molecule has 1 atom stereocenters. The molecule has 4 N–H and O–H groups in total. The SMILES string of the molecule is CCNC(=O)C(C)NC(=O)C1(C(N)=S)CCC1. The van der Waals surface area contributed by atoms with Crippen molar-refractivity contribution >= 4 is 29.0 Å². The van der Waals surface area contributed by atoms with E-state index in [2.05, 4.69) is 10.6 Å². The molecule has 1 saturated carbocycles. The van der Waals surface area contributed by atoms with Gasteiger partial charge in [0.1, 0.15) is 6.04 Å². The molecule has 0 aliphatic heterocycles. The number of carbonyl (C=O) groups excluding carboxylic acids is 2. The molecule has 6 heteroatoms. The first kappa shape index (κ1) is 13.9. The minimum Gasteiger partial charge on any atom is -0.392 e. The van der Waals surface area contributed by atoms with Gasteiger partial charge in [0.15, 0.2) is 0 Å². The van der Waals surface area contributed by atoms with Crippen LogP contribution in [0, 0.1) is 5.41 Å². The summed E-state index contributed by atoms with van der Waals surface area (Å²) in [6, 6.07) is -0.561. The standard InChI is InChI=1S/C11H19N3O2S/c1-3-13-8(15)7(2)14-10(16)11(9(12)17)5-4-6-11/h7H,3-6H2,1-2H3,(H2,12,17)(H,13,15)(H,14,16). The molecule has 1 fully saturated rings. The van der Waals surface area contributed by atoms with Crippen molar-refractivity contribution in [3.63, 3.8) is 0 Å². The third-order valence-corrected chi connectivity index (χ3v) is 3.60. The first-order valence-electron chi connectivity index (χ1n) is 5.82. The lowest BCUT2D eigenvalue weighted by molar-refractivity contribution is -0.134. The van der Waals surface area contributed by atoms with Gasteiger partial charge < -0.3 is 16.4 Å². The van der Waals surface area contributed by atoms with Gasteiger partial charge in [0.05, 0.1) is 10.4 Å². The quantitative estimate of drug-likeness (QED) is 0.609. The predicted octanol–water partition coefficient (Wildman–Crippen LogP) is 0.0836. The van der Waals surface area contributed by atoms with Crippen LogP contribution in [-0.2, 0) is 9.59 Å². The van der Waals surface area contributed by atoms with Crippen LogP contribution in [-0.4, -0.2) is 29.4 Å². The molecule has 0 saturated heterocycles. The minimum absolute atomic E-state index is 0.196. The van der Waals surface area contributed by atoms with Crippen molar-refractivity contribution in [1.82, 2.24) is 10.6 Å². The summed E-state index contributed by atoms with van der Waals surface area (Å²) in [5.41, 5.74) is 4.89. The van der Waals surface area contributed by atoms with Crippen LogP contribution in [0.1, 0.15) is 33.1 Å². The van der Waals surface area contributed by atoms with Crippen LogP contribution in [0.5, 0.6) is 0 Å². The van der Waals surface area contributed by atoms with E-state index in [1.54, 1.807) is 6.92 Å². The molecule has 96 valence electrons. The molecule has 1 aliphatic carbocycles. The maximum absolute atomic E-state index is 12.0. The van der Waals surface area contributed by atoms with Crippen LogP contribution < -0.4 is 16.4 Å². The summed E-state index contributed by atoms with van der Waals surface area (Å²) in [4.78, 5) is 23.8. The number of likely N-dealkylation sites (N-methyl/N-ethyl adjacent to an activating group) is 1. The number of nitrogens with two attached hydrogens (primary N) is 1. The van der Waals surface area contributed by atoms with E-state index in [0.29, 0.717) is 19.4 Å². The van der Waals surface area contributed by atoms with Crippen LogP contribution >= 0.6 is 12.2 Å². The van der Waals surface area contributed by atoms with Crippen LogP contribution in [0.3, 0.4) is 0 Å². The maximum Gasteiger partial charge on any atom is 0.242 e. The fourth-order valence-corrected chi connectivity index (χ4v) is 2.14.